The van der Waals surface area contributed by atoms with Gasteiger partial charge in [-0.05, 0) is 30.7 Å². The highest BCUT2D eigenvalue weighted by molar-refractivity contribution is 5.84. The van der Waals surface area contributed by atoms with E-state index >= 15 is 0 Å². The average molecular weight is 380 g/mol. The van der Waals surface area contributed by atoms with E-state index in [0.29, 0.717) is 5.52 Å². The van der Waals surface area contributed by atoms with Crippen molar-refractivity contribution in [1.82, 2.24) is 24.7 Å². The minimum atomic E-state index is -2.67. The molecule has 0 radical (unpaired) electrons. The molecule has 0 saturated heterocycles. The van der Waals surface area contributed by atoms with Crippen LogP contribution in [0.2, 0.25) is 0 Å². The van der Waals surface area contributed by atoms with Gasteiger partial charge < -0.3 is 5.73 Å². The van der Waals surface area contributed by atoms with Gasteiger partial charge in [-0.2, -0.15) is 9.78 Å². The molecular formula is C20H18F2N6. The van der Waals surface area contributed by atoms with Crippen molar-refractivity contribution >= 4 is 10.9 Å². The third kappa shape index (κ3) is 3.34. The minimum absolute atomic E-state index is 0.0969. The fourth-order valence-electron chi connectivity index (χ4n) is 2.95. The lowest BCUT2D eigenvalue weighted by molar-refractivity contribution is 0.146. The Balaban J connectivity index is 1.80. The standard InChI is InChI=1S/C20H18F2N6/c1-2-14(23)16-5-3-4-15(26-16)12-6-7-13-11-25-28(18(13)10-12)20-24-9-8-17(27-20)19(21)22/h3-11,14,19H,2,23H2,1H3/t14-/m0/s1. The van der Waals surface area contributed by atoms with Crippen molar-refractivity contribution in [3.05, 3.63) is 66.2 Å². The van der Waals surface area contributed by atoms with Gasteiger partial charge in [-0.25, -0.2) is 18.7 Å². The van der Waals surface area contributed by atoms with Gasteiger partial charge in [0.05, 0.1) is 23.1 Å². The fourth-order valence-corrected chi connectivity index (χ4v) is 2.95. The molecule has 0 amide bonds. The lowest BCUT2D eigenvalue weighted by Gasteiger charge is -2.10. The van der Waals surface area contributed by atoms with Gasteiger partial charge in [-0.15, -0.1) is 0 Å². The Morgan fingerprint density at radius 1 is 1.07 bits per heavy atom. The number of nitrogens with two attached hydrogens (primary N) is 1. The molecule has 8 heteroatoms. The van der Waals surface area contributed by atoms with E-state index in [9.17, 15) is 8.78 Å². The van der Waals surface area contributed by atoms with Gasteiger partial charge in [0.1, 0.15) is 5.69 Å². The smallest absolute Gasteiger partial charge is 0.280 e. The third-order valence-corrected chi connectivity index (χ3v) is 4.53. The van der Waals surface area contributed by atoms with Crippen molar-refractivity contribution in [2.45, 2.75) is 25.8 Å². The van der Waals surface area contributed by atoms with Crippen molar-refractivity contribution in [3.8, 4) is 17.2 Å². The molecule has 4 aromatic rings. The summed E-state index contributed by atoms with van der Waals surface area (Å²) >= 11 is 0. The minimum Gasteiger partial charge on any atom is -0.323 e. The number of hydrogen-bond donors (Lipinski definition) is 1. The molecule has 0 spiro atoms. The molecule has 0 aliphatic heterocycles. The highest BCUT2D eigenvalue weighted by atomic mass is 19.3. The number of alkyl halides is 2. The van der Waals surface area contributed by atoms with Crippen LogP contribution in [0.3, 0.4) is 0 Å². The van der Waals surface area contributed by atoms with Gasteiger partial charge in [0.25, 0.3) is 12.4 Å². The summed E-state index contributed by atoms with van der Waals surface area (Å²) in [7, 11) is 0. The summed E-state index contributed by atoms with van der Waals surface area (Å²) in [4.78, 5) is 12.7. The topological polar surface area (TPSA) is 82.5 Å². The largest absolute Gasteiger partial charge is 0.323 e. The molecule has 4 rings (SSSR count). The number of halogens is 2. The Morgan fingerprint density at radius 3 is 2.71 bits per heavy atom. The first-order valence-electron chi connectivity index (χ1n) is 8.89. The second-order valence-corrected chi connectivity index (χ2v) is 6.37. The zero-order valence-electron chi connectivity index (χ0n) is 15.1. The molecular weight excluding hydrogens is 362 g/mol. The maximum absolute atomic E-state index is 13.0. The highest BCUT2D eigenvalue weighted by Gasteiger charge is 2.14. The van der Waals surface area contributed by atoms with E-state index in [2.05, 4.69) is 20.1 Å². The maximum Gasteiger partial charge on any atom is 0.280 e. The SMILES string of the molecule is CC[C@H](N)c1cccc(-c2ccc3cnn(-c4nccc(C(F)F)n4)c3c2)n1. The fraction of sp³-hybridized carbons (Fsp3) is 0.200. The molecule has 3 heterocycles. The zero-order valence-corrected chi connectivity index (χ0v) is 15.1. The normalized spacial score (nSPS) is 12.6. The Morgan fingerprint density at radius 2 is 1.93 bits per heavy atom. The average Bonchev–Trinajstić information content (AvgIpc) is 3.16. The van der Waals surface area contributed by atoms with E-state index in [1.165, 1.54) is 16.9 Å². The van der Waals surface area contributed by atoms with Crippen LogP contribution < -0.4 is 5.73 Å². The summed E-state index contributed by atoms with van der Waals surface area (Å²) in [5.74, 6) is 0.0969. The number of pyridine rings is 1. The van der Waals surface area contributed by atoms with Crippen LogP contribution >= 0.6 is 0 Å². The lowest BCUT2D eigenvalue weighted by atomic mass is 10.1. The van der Waals surface area contributed by atoms with Crippen LogP contribution in [0.5, 0.6) is 0 Å². The molecule has 142 valence electrons. The molecule has 3 aromatic heterocycles. The number of nitrogens with zero attached hydrogens (tertiary/aromatic N) is 5. The second kappa shape index (κ2) is 7.40. The van der Waals surface area contributed by atoms with E-state index in [-0.39, 0.29) is 17.7 Å². The molecule has 1 aromatic carbocycles. The molecule has 0 bridgehead atoms. The summed E-state index contributed by atoms with van der Waals surface area (Å²) in [5.41, 5.74) is 8.93. The molecule has 0 fully saturated rings. The van der Waals surface area contributed by atoms with Crippen molar-refractivity contribution in [3.63, 3.8) is 0 Å². The molecule has 0 saturated carbocycles. The van der Waals surface area contributed by atoms with Gasteiger partial charge in [-0.3, -0.25) is 4.98 Å². The highest BCUT2D eigenvalue weighted by Crippen LogP contribution is 2.26. The summed E-state index contributed by atoms with van der Waals surface area (Å²) in [6.07, 6.45) is 1.07. The first-order valence-corrected chi connectivity index (χ1v) is 8.89. The van der Waals surface area contributed by atoms with Crippen LogP contribution in [-0.4, -0.2) is 24.7 Å². The number of hydrogen-bond acceptors (Lipinski definition) is 5. The van der Waals surface area contributed by atoms with Crippen molar-refractivity contribution in [2.24, 2.45) is 5.73 Å². The molecule has 0 unspecified atom stereocenters. The van der Waals surface area contributed by atoms with Crippen molar-refractivity contribution in [1.29, 1.82) is 0 Å². The van der Waals surface area contributed by atoms with Crippen LogP contribution in [-0.2, 0) is 0 Å². The predicted octanol–water partition coefficient (Wildman–Crippen LogP) is 4.22. The molecule has 0 aliphatic carbocycles. The van der Waals surface area contributed by atoms with Crippen LogP contribution in [0.25, 0.3) is 28.1 Å². The molecule has 28 heavy (non-hydrogen) atoms. The summed E-state index contributed by atoms with van der Waals surface area (Å²) in [5, 5.41) is 5.11. The molecule has 6 nitrogen and oxygen atoms in total. The summed E-state index contributed by atoms with van der Waals surface area (Å²) in [6.45, 7) is 2.01. The molecule has 2 N–H and O–H groups in total. The van der Waals surface area contributed by atoms with Gasteiger partial charge in [-0.1, -0.05) is 25.1 Å². The molecule has 1 atom stereocenters. The first-order chi connectivity index (χ1) is 13.6. The third-order valence-electron chi connectivity index (χ3n) is 4.53. The maximum atomic E-state index is 13.0. The lowest BCUT2D eigenvalue weighted by Crippen LogP contribution is -2.10. The molecule has 0 aliphatic rings. The van der Waals surface area contributed by atoms with Crippen LogP contribution in [0, 0.1) is 0 Å². The van der Waals surface area contributed by atoms with Crippen molar-refractivity contribution in [2.75, 3.05) is 0 Å². The number of benzene rings is 1. The van der Waals surface area contributed by atoms with Crippen LogP contribution in [0.4, 0.5) is 8.78 Å². The summed E-state index contributed by atoms with van der Waals surface area (Å²) in [6, 6.07) is 12.5. The monoisotopic (exact) mass is 380 g/mol. The first kappa shape index (κ1) is 18.1. The van der Waals surface area contributed by atoms with Crippen LogP contribution in [0.15, 0.2) is 54.9 Å². The van der Waals surface area contributed by atoms with E-state index in [0.717, 1.165) is 28.8 Å². The van der Waals surface area contributed by atoms with Gasteiger partial charge in [0, 0.05) is 23.2 Å². The quantitative estimate of drug-likeness (QED) is 0.560. The Kier molecular flexibility index (Phi) is 4.79. The Bertz CT molecular complexity index is 1120. The zero-order chi connectivity index (χ0) is 19.7. The Labute approximate surface area is 160 Å². The van der Waals surface area contributed by atoms with Gasteiger partial charge in [0.15, 0.2) is 0 Å². The van der Waals surface area contributed by atoms with E-state index in [1.54, 1.807) is 6.20 Å². The van der Waals surface area contributed by atoms with Crippen molar-refractivity contribution < 1.29 is 8.78 Å². The van der Waals surface area contributed by atoms with Gasteiger partial charge >= 0.3 is 0 Å². The Hall–Kier alpha value is -3.26. The van der Waals surface area contributed by atoms with E-state index < -0.39 is 6.43 Å². The van der Waals surface area contributed by atoms with E-state index in [1.807, 2.05) is 43.3 Å². The summed E-state index contributed by atoms with van der Waals surface area (Å²) < 4.78 is 27.4. The second-order valence-electron chi connectivity index (χ2n) is 6.37. The number of rotatable bonds is 5. The van der Waals surface area contributed by atoms with Crippen LogP contribution in [0.1, 0.15) is 37.2 Å². The number of fused-ring (bicyclic) bond motifs is 1. The predicted molar refractivity (Wildman–Crippen MR) is 102 cm³/mol. The van der Waals surface area contributed by atoms with Gasteiger partial charge in [0.2, 0.25) is 0 Å². The van der Waals surface area contributed by atoms with E-state index in [4.69, 9.17) is 5.73 Å². The number of aromatic nitrogens is 5.